The average Bonchev–Trinajstić information content (AvgIpc) is 0.743. The second-order valence-electron chi connectivity index (χ2n) is 29.3. The highest BCUT2D eigenvalue weighted by Crippen LogP contribution is 2.57. The van der Waals surface area contributed by atoms with Gasteiger partial charge in [0.15, 0.2) is 0 Å². The molecule has 4 heteroatoms. The van der Waals surface area contributed by atoms with Gasteiger partial charge in [-0.15, -0.1) is 11.3 Å². The molecule has 18 aromatic rings. The molecule has 498 valence electrons. The molecule has 3 heterocycles. The van der Waals surface area contributed by atoms with E-state index in [9.17, 15) is 0 Å². The van der Waals surface area contributed by atoms with Crippen molar-refractivity contribution in [3.05, 3.63) is 382 Å². The van der Waals surface area contributed by atoms with Gasteiger partial charge >= 0.3 is 0 Å². The van der Waals surface area contributed by atoms with E-state index in [2.05, 4.69) is 407 Å². The number of benzene rings is 17. The van der Waals surface area contributed by atoms with E-state index < -0.39 is 0 Å². The van der Waals surface area contributed by atoms with Gasteiger partial charge in [-0.2, -0.15) is 0 Å². The summed E-state index contributed by atoms with van der Waals surface area (Å²) in [4.78, 5) is 5.45. The summed E-state index contributed by atoms with van der Waals surface area (Å²) in [6.45, 7) is 6.92. The van der Waals surface area contributed by atoms with Crippen molar-refractivity contribution in [3.8, 4) is 100 Å². The zero-order valence-corrected chi connectivity index (χ0v) is 60.0. The standard InChI is InChI=1S/C102H71BN2S/c1-102(2,3)77-64-92-99-93(65-77)105(101-86(70-40-19-8-20-41-70)60-76(67-34-13-5-14-35-67)61-87(101)71-42-21-9-22-43-71)91-63-74(97-81-48-27-25-46-79(81)96(72-44-23-10-24-45-72)80-47-26-28-49-82(80)97)54-56-88(91)103(99)89-62-73(78-51-31-53-95-98(78)83-50-29-30-52-94(83)106-95)55-57-90(89)104(92)100-84(68-36-15-6-16-37-68)58-75(66-32-11-4-12-33-66)59-85(100)69-38-17-7-18-39-69/h4-65H,1-3H3. The lowest BCUT2D eigenvalue weighted by Gasteiger charge is -2.46. The van der Waals surface area contributed by atoms with Crippen molar-refractivity contribution in [1.29, 1.82) is 0 Å². The minimum absolute atomic E-state index is 0.272. The van der Waals surface area contributed by atoms with E-state index in [0.717, 1.165) is 106 Å². The molecule has 2 aliphatic rings. The molecule has 0 spiro atoms. The van der Waals surface area contributed by atoms with Crippen LogP contribution >= 0.6 is 11.3 Å². The lowest BCUT2D eigenvalue weighted by Crippen LogP contribution is -2.61. The van der Waals surface area contributed by atoms with Crippen LogP contribution in [0.2, 0.25) is 0 Å². The van der Waals surface area contributed by atoms with Crippen LogP contribution in [0.1, 0.15) is 26.3 Å². The number of thiophene rings is 1. The summed E-state index contributed by atoms with van der Waals surface area (Å²) >= 11 is 1.88. The maximum Gasteiger partial charge on any atom is 0.252 e. The lowest BCUT2D eigenvalue weighted by atomic mass is 9.33. The highest BCUT2D eigenvalue weighted by atomic mass is 32.1. The van der Waals surface area contributed by atoms with Gasteiger partial charge in [0.1, 0.15) is 0 Å². The number of hydrogen-bond acceptors (Lipinski definition) is 3. The molecule has 17 aromatic carbocycles. The Bertz CT molecular complexity index is 6290. The first-order chi connectivity index (χ1) is 52.3. The van der Waals surface area contributed by atoms with Crippen molar-refractivity contribution in [3.63, 3.8) is 0 Å². The number of hydrogen-bond donors (Lipinski definition) is 0. The summed E-state index contributed by atoms with van der Waals surface area (Å²) in [6.07, 6.45) is 0. The molecule has 0 bridgehead atoms. The predicted octanol–water partition coefficient (Wildman–Crippen LogP) is 26.7. The first-order valence-corrected chi connectivity index (χ1v) is 37.7. The van der Waals surface area contributed by atoms with Crippen molar-refractivity contribution in [1.82, 2.24) is 0 Å². The zero-order chi connectivity index (χ0) is 70.6. The maximum absolute atomic E-state index is 2.74. The fourth-order valence-corrected chi connectivity index (χ4v) is 18.4. The van der Waals surface area contributed by atoms with E-state index in [1.807, 2.05) is 11.3 Å². The summed E-state index contributed by atoms with van der Waals surface area (Å²) in [7, 11) is 0. The van der Waals surface area contributed by atoms with Crippen molar-refractivity contribution < 1.29 is 0 Å². The van der Waals surface area contributed by atoms with Crippen molar-refractivity contribution in [2.45, 2.75) is 26.2 Å². The van der Waals surface area contributed by atoms with Crippen LogP contribution in [0.25, 0.3) is 142 Å². The number of rotatable bonds is 11. The third-order valence-electron chi connectivity index (χ3n) is 22.2. The topological polar surface area (TPSA) is 6.48 Å². The molecule has 0 aliphatic carbocycles. The molecule has 2 nitrogen and oxygen atoms in total. The molecule has 0 saturated heterocycles. The fraction of sp³-hybridized carbons (Fsp3) is 0.0392. The largest absolute Gasteiger partial charge is 0.310 e. The van der Waals surface area contributed by atoms with Gasteiger partial charge in [0.2, 0.25) is 0 Å². The van der Waals surface area contributed by atoms with E-state index in [1.54, 1.807) is 0 Å². The Hall–Kier alpha value is -12.9. The van der Waals surface area contributed by atoms with Crippen LogP contribution in [0.4, 0.5) is 34.1 Å². The van der Waals surface area contributed by atoms with Gasteiger partial charge in [-0.25, -0.2) is 0 Å². The Morgan fingerprint density at radius 2 is 0.623 bits per heavy atom. The zero-order valence-electron chi connectivity index (χ0n) is 59.2. The third-order valence-corrected chi connectivity index (χ3v) is 23.3. The minimum atomic E-state index is -0.339. The van der Waals surface area contributed by atoms with Gasteiger partial charge in [-0.05, 0) is 187 Å². The molecule has 0 fully saturated rings. The average molecular weight is 1370 g/mol. The van der Waals surface area contributed by atoms with Crippen LogP contribution in [0.15, 0.2) is 376 Å². The van der Waals surface area contributed by atoms with Crippen LogP contribution in [0, 0.1) is 0 Å². The summed E-state index contributed by atoms with van der Waals surface area (Å²) in [6, 6.07) is 142. The van der Waals surface area contributed by atoms with Gasteiger partial charge in [-0.1, -0.05) is 336 Å². The molecular weight excluding hydrogens is 1300 g/mol. The van der Waals surface area contributed by atoms with E-state index in [4.69, 9.17) is 0 Å². The Morgan fingerprint density at radius 3 is 1.08 bits per heavy atom. The minimum Gasteiger partial charge on any atom is -0.310 e. The maximum atomic E-state index is 2.74. The Morgan fingerprint density at radius 1 is 0.245 bits per heavy atom. The van der Waals surface area contributed by atoms with Crippen molar-refractivity contribution >= 4 is 110 Å². The van der Waals surface area contributed by atoms with Crippen LogP contribution in [0.3, 0.4) is 0 Å². The predicted molar refractivity (Wildman–Crippen MR) is 456 cm³/mol. The van der Waals surface area contributed by atoms with Crippen LogP contribution < -0.4 is 26.2 Å². The van der Waals surface area contributed by atoms with Gasteiger partial charge in [-0.3, -0.25) is 0 Å². The van der Waals surface area contributed by atoms with Crippen LogP contribution in [-0.4, -0.2) is 6.71 Å². The fourth-order valence-electron chi connectivity index (χ4n) is 17.3. The Balaban J connectivity index is 0.971. The molecule has 106 heavy (non-hydrogen) atoms. The normalized spacial score (nSPS) is 12.4. The molecule has 20 rings (SSSR count). The van der Waals surface area contributed by atoms with E-state index >= 15 is 0 Å². The van der Waals surface area contributed by atoms with Crippen molar-refractivity contribution in [2.24, 2.45) is 0 Å². The second-order valence-corrected chi connectivity index (χ2v) is 30.4. The molecule has 2 aliphatic heterocycles. The Kier molecular flexibility index (Phi) is 15.1. The molecule has 0 N–H and O–H groups in total. The van der Waals surface area contributed by atoms with Gasteiger partial charge in [0, 0.05) is 65.2 Å². The molecule has 0 amide bonds. The van der Waals surface area contributed by atoms with Crippen LogP contribution in [-0.2, 0) is 5.41 Å². The molecule has 0 atom stereocenters. The Labute approximate surface area is 623 Å². The SMILES string of the molecule is CC(C)(C)c1cc2c3c(c1)N(c1c(-c4ccccc4)cc(-c4ccccc4)cc1-c1ccccc1)c1cc(-c4c5ccccc5c(-c5ccccc5)c5ccccc45)ccc1B3c1cc(-c3cccc4sc5ccccc5c34)ccc1N2c1c(-c2ccccc2)cc(-c2ccccc2)cc1-c1ccccc1. The van der Waals surface area contributed by atoms with Crippen LogP contribution in [0.5, 0.6) is 0 Å². The van der Waals surface area contributed by atoms with Gasteiger partial charge in [0.05, 0.1) is 11.4 Å². The molecule has 0 unspecified atom stereocenters. The van der Waals surface area contributed by atoms with E-state index in [1.165, 1.54) is 91.5 Å². The van der Waals surface area contributed by atoms with Gasteiger partial charge < -0.3 is 9.80 Å². The molecule has 0 saturated carbocycles. The monoisotopic (exact) mass is 1370 g/mol. The smallest absolute Gasteiger partial charge is 0.252 e. The second kappa shape index (κ2) is 25.5. The van der Waals surface area contributed by atoms with Crippen molar-refractivity contribution in [2.75, 3.05) is 9.80 Å². The summed E-state index contributed by atoms with van der Waals surface area (Å²) in [5, 5.41) is 7.44. The highest BCUT2D eigenvalue weighted by Gasteiger charge is 2.46. The van der Waals surface area contributed by atoms with Gasteiger partial charge in [0.25, 0.3) is 6.71 Å². The first kappa shape index (κ1) is 62.9. The number of nitrogens with zero attached hydrogens (tertiary/aromatic N) is 2. The third kappa shape index (κ3) is 10.5. The summed E-state index contributed by atoms with van der Waals surface area (Å²) < 4.78 is 2.57. The summed E-state index contributed by atoms with van der Waals surface area (Å²) in [5.74, 6) is 0. The highest BCUT2D eigenvalue weighted by molar-refractivity contribution is 7.26. The molecule has 1 aromatic heterocycles. The number of anilines is 6. The molecule has 0 radical (unpaired) electrons. The quantitative estimate of drug-likeness (QED) is 0.0941. The molecular formula is C102H71BN2S. The van der Waals surface area contributed by atoms with E-state index in [-0.39, 0.29) is 12.1 Å². The van der Waals surface area contributed by atoms with E-state index in [0.29, 0.717) is 0 Å². The summed E-state index contributed by atoms with van der Waals surface area (Å²) in [5.41, 5.74) is 32.3. The first-order valence-electron chi connectivity index (χ1n) is 36.9. The lowest BCUT2D eigenvalue weighted by molar-refractivity contribution is 0.590. The number of fused-ring (bicyclic) bond motifs is 9.